The molecule has 0 saturated heterocycles. The maximum Gasteiger partial charge on any atom is 0.260 e. The lowest BCUT2D eigenvalue weighted by atomic mass is 10.1. The summed E-state index contributed by atoms with van der Waals surface area (Å²) in [5, 5.41) is 1.62. The van der Waals surface area contributed by atoms with E-state index in [-0.39, 0.29) is 13.1 Å². The summed E-state index contributed by atoms with van der Waals surface area (Å²) in [4.78, 5) is 17.6. The normalized spacial score (nSPS) is 11.0. The first-order valence-electron chi connectivity index (χ1n) is 9.05. The number of halogens is 3. The number of rotatable bonds is 5. The van der Waals surface area contributed by atoms with E-state index in [2.05, 4.69) is 4.98 Å². The van der Waals surface area contributed by atoms with Crippen LogP contribution in [0.25, 0.3) is 10.9 Å². The summed E-state index contributed by atoms with van der Waals surface area (Å²) < 4.78 is 28.5. The fourth-order valence-electron chi connectivity index (χ4n) is 3.28. The topological polar surface area (TPSA) is 36.1 Å². The van der Waals surface area contributed by atoms with E-state index < -0.39 is 23.1 Å². The van der Waals surface area contributed by atoms with Crippen molar-refractivity contribution >= 4 is 28.4 Å². The van der Waals surface area contributed by atoms with Gasteiger partial charge in [-0.25, -0.2) is 8.78 Å². The Morgan fingerprint density at radius 2 is 1.55 bits per heavy atom. The van der Waals surface area contributed by atoms with Crippen molar-refractivity contribution in [2.75, 3.05) is 0 Å². The molecular formula is C23H17ClF2N2O. The minimum absolute atomic E-state index is 0.187. The summed E-state index contributed by atoms with van der Waals surface area (Å²) in [6, 6.07) is 18.1. The molecule has 0 bridgehead atoms. The summed E-state index contributed by atoms with van der Waals surface area (Å²) in [5.41, 5.74) is 2.03. The molecule has 4 aromatic rings. The smallest absolute Gasteiger partial charge is 0.260 e. The predicted molar refractivity (Wildman–Crippen MR) is 110 cm³/mol. The van der Waals surface area contributed by atoms with Crippen molar-refractivity contribution in [1.29, 1.82) is 0 Å². The van der Waals surface area contributed by atoms with Crippen LogP contribution in [0.4, 0.5) is 8.78 Å². The Balaban J connectivity index is 1.69. The van der Waals surface area contributed by atoms with E-state index in [4.69, 9.17) is 11.6 Å². The van der Waals surface area contributed by atoms with E-state index in [0.29, 0.717) is 5.02 Å². The molecule has 0 saturated carbocycles. The van der Waals surface area contributed by atoms with Crippen LogP contribution in [-0.4, -0.2) is 15.8 Å². The number of amides is 1. The monoisotopic (exact) mass is 410 g/mol. The molecule has 1 heterocycles. The van der Waals surface area contributed by atoms with Crippen LogP contribution in [0.3, 0.4) is 0 Å². The Labute approximate surface area is 171 Å². The van der Waals surface area contributed by atoms with E-state index >= 15 is 0 Å². The zero-order valence-corrected chi connectivity index (χ0v) is 16.1. The van der Waals surface area contributed by atoms with Gasteiger partial charge >= 0.3 is 0 Å². The SMILES string of the molecule is O=C(c1c(F)cccc1F)N(Cc1ccc(Cl)cc1)Cc1ccc2cc[nH]c2c1. The number of aromatic nitrogens is 1. The van der Waals surface area contributed by atoms with Crippen LogP contribution in [0.5, 0.6) is 0 Å². The van der Waals surface area contributed by atoms with Gasteiger partial charge in [-0.2, -0.15) is 0 Å². The first-order valence-corrected chi connectivity index (χ1v) is 9.43. The second kappa shape index (κ2) is 8.05. The van der Waals surface area contributed by atoms with Gasteiger partial charge in [0.15, 0.2) is 0 Å². The molecule has 3 aromatic carbocycles. The molecule has 0 aliphatic rings. The number of benzene rings is 3. The van der Waals surface area contributed by atoms with E-state index in [9.17, 15) is 13.6 Å². The molecule has 4 rings (SSSR count). The standard InChI is InChI=1S/C23H17ClF2N2O/c24-18-8-5-15(6-9-18)13-28(23(29)22-19(25)2-1-3-20(22)26)14-16-4-7-17-10-11-27-21(17)12-16/h1-12,27H,13-14H2. The number of hydrogen-bond acceptors (Lipinski definition) is 1. The molecule has 0 fully saturated rings. The third-order valence-corrected chi connectivity index (χ3v) is 5.00. The zero-order chi connectivity index (χ0) is 20.4. The maximum absolute atomic E-state index is 14.2. The maximum atomic E-state index is 14.2. The van der Waals surface area contributed by atoms with Gasteiger partial charge in [-0.3, -0.25) is 4.79 Å². The third kappa shape index (κ3) is 4.15. The Hall–Kier alpha value is -3.18. The average Bonchev–Trinajstić information content (AvgIpc) is 3.17. The average molecular weight is 411 g/mol. The molecule has 29 heavy (non-hydrogen) atoms. The zero-order valence-electron chi connectivity index (χ0n) is 15.3. The molecule has 0 aliphatic carbocycles. The van der Waals surface area contributed by atoms with Crippen molar-refractivity contribution in [3.05, 3.63) is 106 Å². The van der Waals surface area contributed by atoms with E-state index in [1.807, 2.05) is 30.5 Å². The van der Waals surface area contributed by atoms with Gasteiger partial charge in [0.25, 0.3) is 5.91 Å². The highest BCUT2D eigenvalue weighted by atomic mass is 35.5. The van der Waals surface area contributed by atoms with Gasteiger partial charge in [0.2, 0.25) is 0 Å². The van der Waals surface area contributed by atoms with Crippen molar-refractivity contribution in [1.82, 2.24) is 9.88 Å². The fraction of sp³-hybridized carbons (Fsp3) is 0.0870. The van der Waals surface area contributed by atoms with Crippen molar-refractivity contribution in [3.63, 3.8) is 0 Å². The Morgan fingerprint density at radius 3 is 2.28 bits per heavy atom. The highest BCUT2D eigenvalue weighted by molar-refractivity contribution is 6.30. The van der Waals surface area contributed by atoms with E-state index in [1.54, 1.807) is 24.3 Å². The van der Waals surface area contributed by atoms with Crippen molar-refractivity contribution in [2.24, 2.45) is 0 Å². The molecule has 146 valence electrons. The molecular weight excluding hydrogens is 394 g/mol. The lowest BCUT2D eigenvalue weighted by Crippen LogP contribution is -2.31. The Bertz CT molecular complexity index is 1150. The largest absolute Gasteiger partial charge is 0.361 e. The van der Waals surface area contributed by atoms with Crippen LogP contribution in [0.1, 0.15) is 21.5 Å². The highest BCUT2D eigenvalue weighted by Crippen LogP contribution is 2.21. The number of H-pyrrole nitrogens is 1. The summed E-state index contributed by atoms with van der Waals surface area (Å²) in [6.07, 6.45) is 1.83. The Kier molecular flexibility index (Phi) is 5.32. The molecule has 3 nitrogen and oxygen atoms in total. The van der Waals surface area contributed by atoms with Crippen LogP contribution in [0, 0.1) is 11.6 Å². The van der Waals surface area contributed by atoms with Crippen LogP contribution < -0.4 is 0 Å². The molecule has 1 N–H and O–H groups in total. The number of hydrogen-bond donors (Lipinski definition) is 1. The first-order chi connectivity index (χ1) is 14.0. The Morgan fingerprint density at radius 1 is 0.897 bits per heavy atom. The van der Waals surface area contributed by atoms with Gasteiger partial charge in [-0.05, 0) is 52.9 Å². The van der Waals surface area contributed by atoms with E-state index in [0.717, 1.165) is 34.2 Å². The van der Waals surface area contributed by atoms with Gasteiger partial charge in [0, 0.05) is 29.8 Å². The second-order valence-corrected chi connectivity index (χ2v) is 7.22. The lowest BCUT2D eigenvalue weighted by molar-refractivity contribution is 0.0720. The van der Waals surface area contributed by atoms with Crippen molar-refractivity contribution in [2.45, 2.75) is 13.1 Å². The highest BCUT2D eigenvalue weighted by Gasteiger charge is 2.23. The molecule has 0 unspecified atom stereocenters. The molecule has 0 atom stereocenters. The predicted octanol–water partition coefficient (Wildman–Crippen LogP) is 5.94. The van der Waals surface area contributed by atoms with Crippen LogP contribution in [-0.2, 0) is 13.1 Å². The van der Waals surface area contributed by atoms with Gasteiger partial charge in [0.1, 0.15) is 17.2 Å². The molecule has 0 radical (unpaired) electrons. The summed E-state index contributed by atoms with van der Waals surface area (Å²) in [7, 11) is 0. The van der Waals surface area contributed by atoms with Crippen molar-refractivity contribution in [3.8, 4) is 0 Å². The number of nitrogens with one attached hydrogen (secondary N) is 1. The molecule has 0 aliphatic heterocycles. The molecule has 6 heteroatoms. The number of nitrogens with zero attached hydrogens (tertiary/aromatic N) is 1. The minimum atomic E-state index is -0.879. The summed E-state index contributed by atoms with van der Waals surface area (Å²) in [6.45, 7) is 0.386. The summed E-state index contributed by atoms with van der Waals surface area (Å²) >= 11 is 5.94. The third-order valence-electron chi connectivity index (χ3n) is 4.74. The molecule has 0 spiro atoms. The van der Waals surface area contributed by atoms with Crippen molar-refractivity contribution < 1.29 is 13.6 Å². The minimum Gasteiger partial charge on any atom is -0.361 e. The molecule has 1 amide bonds. The van der Waals surface area contributed by atoms with Crippen LogP contribution in [0.15, 0.2) is 72.9 Å². The van der Waals surface area contributed by atoms with Gasteiger partial charge < -0.3 is 9.88 Å². The second-order valence-electron chi connectivity index (χ2n) is 6.78. The fourth-order valence-corrected chi connectivity index (χ4v) is 3.41. The quantitative estimate of drug-likeness (QED) is 0.434. The number of fused-ring (bicyclic) bond motifs is 1. The number of carbonyl (C=O) groups is 1. The van der Waals surface area contributed by atoms with E-state index in [1.165, 1.54) is 11.0 Å². The van der Waals surface area contributed by atoms with Gasteiger partial charge in [0.05, 0.1) is 0 Å². The van der Waals surface area contributed by atoms with Gasteiger partial charge in [-0.15, -0.1) is 0 Å². The lowest BCUT2D eigenvalue weighted by Gasteiger charge is -2.24. The number of carbonyl (C=O) groups excluding carboxylic acids is 1. The first kappa shape index (κ1) is 19.2. The number of aromatic amines is 1. The van der Waals surface area contributed by atoms with Crippen LogP contribution >= 0.6 is 11.6 Å². The van der Waals surface area contributed by atoms with Gasteiger partial charge in [-0.1, -0.05) is 41.9 Å². The van der Waals surface area contributed by atoms with Crippen LogP contribution in [0.2, 0.25) is 5.02 Å². The molecule has 1 aromatic heterocycles. The summed E-state index contributed by atoms with van der Waals surface area (Å²) in [5.74, 6) is -2.46.